The molecule has 2 rings (SSSR count). The first-order chi connectivity index (χ1) is 7.21. The quantitative estimate of drug-likeness (QED) is 0.685. The van der Waals surface area contributed by atoms with Gasteiger partial charge in [-0.2, -0.15) is 14.9 Å². The molecule has 5 nitrogen and oxygen atoms in total. The van der Waals surface area contributed by atoms with Crippen molar-refractivity contribution in [1.82, 2.24) is 9.78 Å². The zero-order chi connectivity index (χ0) is 12.1. The second-order valence-electron chi connectivity index (χ2n) is 5.57. The summed E-state index contributed by atoms with van der Waals surface area (Å²) in [6.45, 7) is 11.9. The topological polar surface area (TPSA) is 51.8 Å². The van der Waals surface area contributed by atoms with Gasteiger partial charge in [0.05, 0.1) is 11.2 Å². The predicted octanol–water partition coefficient (Wildman–Crippen LogP) is 3.16. The minimum absolute atomic E-state index is 0.180. The number of hydrogen-bond donors (Lipinski definition) is 0. The van der Waals surface area contributed by atoms with E-state index in [4.69, 9.17) is 4.74 Å². The summed E-state index contributed by atoms with van der Waals surface area (Å²) in [5.74, 6) is 0.718. The van der Waals surface area contributed by atoms with Crippen LogP contribution in [0.3, 0.4) is 0 Å². The van der Waals surface area contributed by atoms with Gasteiger partial charge in [-0.15, -0.1) is 5.11 Å². The van der Waals surface area contributed by atoms with Crippen LogP contribution in [-0.4, -0.2) is 15.3 Å². The zero-order valence-corrected chi connectivity index (χ0v) is 10.7. The lowest BCUT2D eigenvalue weighted by Gasteiger charge is -2.36. The molecule has 0 saturated heterocycles. The van der Waals surface area contributed by atoms with Crippen molar-refractivity contribution >= 4 is 5.69 Å². The maximum absolute atomic E-state index is 5.64. The first kappa shape index (κ1) is 11.1. The molecule has 0 bridgehead atoms. The van der Waals surface area contributed by atoms with Gasteiger partial charge in [0.1, 0.15) is 0 Å². The van der Waals surface area contributed by atoms with Crippen LogP contribution in [0, 0.1) is 6.92 Å². The van der Waals surface area contributed by atoms with E-state index in [0.717, 1.165) is 17.3 Å². The van der Waals surface area contributed by atoms with E-state index >= 15 is 0 Å². The highest BCUT2D eigenvalue weighted by Gasteiger charge is 2.41. The Morgan fingerprint density at radius 2 is 1.94 bits per heavy atom. The Balaban J connectivity index is 2.35. The van der Waals surface area contributed by atoms with E-state index in [1.54, 1.807) is 0 Å². The fourth-order valence-electron chi connectivity index (χ4n) is 1.51. The summed E-state index contributed by atoms with van der Waals surface area (Å²) in [5, 5.41) is 12.9. The standard InChI is InChI=1S/C11H18N4O/c1-7-8(12-14-10(2,3)4)9-15(13-7)11(5,6)16-9/h1-6H3/b14-12+. The van der Waals surface area contributed by atoms with Crippen molar-refractivity contribution in [1.29, 1.82) is 0 Å². The first-order valence-electron chi connectivity index (χ1n) is 5.43. The molecule has 0 aromatic carbocycles. The van der Waals surface area contributed by atoms with Gasteiger partial charge in [-0.25, -0.2) is 0 Å². The lowest BCUT2D eigenvalue weighted by Crippen LogP contribution is -2.43. The fraction of sp³-hybridized carbons (Fsp3) is 0.727. The molecule has 0 amide bonds. The van der Waals surface area contributed by atoms with Gasteiger partial charge in [0.25, 0.3) is 0 Å². The summed E-state index contributed by atoms with van der Waals surface area (Å²) in [4.78, 5) is 0. The molecule has 0 unspecified atom stereocenters. The molecular weight excluding hydrogens is 204 g/mol. The molecule has 1 aromatic rings. The van der Waals surface area contributed by atoms with Crippen LogP contribution in [0.25, 0.3) is 0 Å². The Morgan fingerprint density at radius 3 is 2.38 bits per heavy atom. The molecule has 0 radical (unpaired) electrons. The van der Waals surface area contributed by atoms with Crippen LogP contribution in [-0.2, 0) is 5.72 Å². The second-order valence-corrected chi connectivity index (χ2v) is 5.57. The summed E-state index contributed by atoms with van der Waals surface area (Å²) in [7, 11) is 0. The Bertz CT molecular complexity index is 451. The molecule has 16 heavy (non-hydrogen) atoms. The van der Waals surface area contributed by atoms with Gasteiger partial charge in [-0.3, -0.25) is 0 Å². The highest BCUT2D eigenvalue weighted by Crippen LogP contribution is 2.44. The minimum Gasteiger partial charge on any atom is -0.448 e. The lowest BCUT2D eigenvalue weighted by atomic mass is 10.1. The Kier molecular flexibility index (Phi) is 2.12. The third kappa shape index (κ3) is 1.70. The van der Waals surface area contributed by atoms with E-state index in [-0.39, 0.29) is 11.3 Å². The van der Waals surface area contributed by atoms with E-state index in [0.29, 0.717) is 0 Å². The molecule has 0 aliphatic carbocycles. The number of nitrogens with zero attached hydrogens (tertiary/aromatic N) is 4. The van der Waals surface area contributed by atoms with Crippen molar-refractivity contribution in [3.05, 3.63) is 5.69 Å². The normalized spacial score (nSPS) is 18.1. The molecular formula is C11H18N4O. The average molecular weight is 222 g/mol. The maximum atomic E-state index is 5.64. The number of ether oxygens (including phenoxy) is 1. The highest BCUT2D eigenvalue weighted by atomic mass is 16.6. The van der Waals surface area contributed by atoms with Gasteiger partial charge in [0.15, 0.2) is 5.69 Å². The summed E-state index contributed by atoms with van der Waals surface area (Å²) in [5.41, 5.74) is 1.07. The molecule has 88 valence electrons. The van der Waals surface area contributed by atoms with Crippen LogP contribution < -0.4 is 4.74 Å². The molecule has 1 aliphatic rings. The summed E-state index contributed by atoms with van der Waals surface area (Å²) in [6, 6.07) is 0. The average Bonchev–Trinajstić information content (AvgIpc) is 2.36. The number of hydrogen-bond acceptors (Lipinski definition) is 4. The van der Waals surface area contributed by atoms with Gasteiger partial charge in [0, 0.05) is 0 Å². The molecule has 1 aliphatic heterocycles. The first-order valence-corrected chi connectivity index (χ1v) is 5.43. The molecule has 0 spiro atoms. The number of rotatable bonds is 1. The second kappa shape index (κ2) is 3.06. The van der Waals surface area contributed by atoms with E-state index in [1.807, 2.05) is 46.2 Å². The monoisotopic (exact) mass is 222 g/mol. The van der Waals surface area contributed by atoms with Crippen molar-refractivity contribution < 1.29 is 4.74 Å². The lowest BCUT2D eigenvalue weighted by molar-refractivity contribution is -0.0697. The maximum Gasteiger partial charge on any atom is 0.246 e. The summed E-state index contributed by atoms with van der Waals surface area (Å²) in [6.07, 6.45) is 0. The van der Waals surface area contributed by atoms with Crippen molar-refractivity contribution in [2.75, 3.05) is 0 Å². The van der Waals surface area contributed by atoms with E-state index in [2.05, 4.69) is 15.3 Å². The Labute approximate surface area is 95.5 Å². The Hall–Kier alpha value is -1.39. The van der Waals surface area contributed by atoms with Crippen LogP contribution >= 0.6 is 0 Å². The summed E-state index contributed by atoms with van der Waals surface area (Å²) >= 11 is 0. The van der Waals surface area contributed by atoms with Crippen molar-refractivity contribution in [3.63, 3.8) is 0 Å². The largest absolute Gasteiger partial charge is 0.448 e. The predicted molar refractivity (Wildman–Crippen MR) is 61.2 cm³/mol. The van der Waals surface area contributed by atoms with Crippen molar-refractivity contribution in [2.24, 2.45) is 10.2 Å². The van der Waals surface area contributed by atoms with Crippen LogP contribution in [0.5, 0.6) is 5.88 Å². The van der Waals surface area contributed by atoms with Crippen LogP contribution in [0.15, 0.2) is 10.2 Å². The van der Waals surface area contributed by atoms with Crippen LogP contribution in [0.1, 0.15) is 40.3 Å². The van der Waals surface area contributed by atoms with Crippen LogP contribution in [0.4, 0.5) is 5.69 Å². The number of fused-ring (bicyclic) bond motifs is 1. The van der Waals surface area contributed by atoms with Gasteiger partial charge in [0.2, 0.25) is 11.6 Å². The number of aryl methyl sites for hydroxylation is 1. The minimum atomic E-state index is -0.352. The van der Waals surface area contributed by atoms with Crippen LogP contribution in [0.2, 0.25) is 0 Å². The zero-order valence-electron chi connectivity index (χ0n) is 10.7. The Morgan fingerprint density at radius 1 is 1.31 bits per heavy atom. The SMILES string of the molecule is Cc1nn2c(c1/N=N/C(C)(C)C)OC2(C)C. The number of aromatic nitrogens is 2. The molecule has 5 heteroatoms. The van der Waals surface area contributed by atoms with E-state index < -0.39 is 0 Å². The van der Waals surface area contributed by atoms with E-state index in [9.17, 15) is 0 Å². The molecule has 2 heterocycles. The molecule has 0 saturated carbocycles. The smallest absolute Gasteiger partial charge is 0.246 e. The third-order valence-electron chi connectivity index (χ3n) is 2.29. The molecule has 0 N–H and O–H groups in total. The van der Waals surface area contributed by atoms with Crippen molar-refractivity contribution in [3.8, 4) is 5.88 Å². The summed E-state index contributed by atoms with van der Waals surface area (Å²) < 4.78 is 7.48. The van der Waals surface area contributed by atoms with Crippen molar-refractivity contribution in [2.45, 2.75) is 52.8 Å². The molecule has 1 aromatic heterocycles. The third-order valence-corrected chi connectivity index (χ3v) is 2.29. The van der Waals surface area contributed by atoms with Gasteiger partial charge in [-0.1, -0.05) is 0 Å². The van der Waals surface area contributed by atoms with E-state index in [1.165, 1.54) is 0 Å². The van der Waals surface area contributed by atoms with Gasteiger partial charge in [-0.05, 0) is 41.5 Å². The molecule has 0 atom stereocenters. The molecule has 0 fully saturated rings. The fourth-order valence-corrected chi connectivity index (χ4v) is 1.51. The van der Waals surface area contributed by atoms with Gasteiger partial charge >= 0.3 is 0 Å². The number of azo groups is 1. The van der Waals surface area contributed by atoms with Gasteiger partial charge < -0.3 is 4.74 Å². The highest BCUT2D eigenvalue weighted by molar-refractivity contribution is 5.54.